The molecule has 1 heteroatoms. The molecule has 0 aliphatic heterocycles. The van der Waals surface area contributed by atoms with E-state index in [2.05, 4.69) is 6.92 Å². The van der Waals surface area contributed by atoms with Crippen LogP contribution >= 0.6 is 12.6 Å². The van der Waals surface area contributed by atoms with Crippen molar-refractivity contribution in [1.82, 2.24) is 0 Å². The molecular formula is C11H18S. The van der Waals surface area contributed by atoms with Crippen LogP contribution in [0.1, 0.15) is 39.0 Å². The van der Waals surface area contributed by atoms with Crippen molar-refractivity contribution >= 4 is 12.6 Å². The molecule has 3 fully saturated rings. The van der Waals surface area contributed by atoms with Gasteiger partial charge in [0.15, 0.2) is 0 Å². The minimum Gasteiger partial charge on any atom is -0.172 e. The van der Waals surface area contributed by atoms with Crippen molar-refractivity contribution in [2.75, 3.05) is 0 Å². The monoisotopic (exact) mass is 182 g/mol. The Balaban J connectivity index is 1.93. The smallest absolute Gasteiger partial charge is 0.0135 e. The first-order valence-corrected chi connectivity index (χ1v) is 5.85. The van der Waals surface area contributed by atoms with Crippen molar-refractivity contribution in [3.63, 3.8) is 0 Å². The molecule has 0 aromatic heterocycles. The molecule has 0 spiro atoms. The Bertz CT molecular complexity index is 209. The van der Waals surface area contributed by atoms with Gasteiger partial charge in [-0.25, -0.2) is 0 Å². The number of fused-ring (bicyclic) bond motifs is 5. The summed E-state index contributed by atoms with van der Waals surface area (Å²) < 4.78 is 0.399. The van der Waals surface area contributed by atoms with Crippen LogP contribution in [0.5, 0.6) is 0 Å². The predicted molar refractivity (Wildman–Crippen MR) is 54.4 cm³/mol. The Labute approximate surface area is 80.5 Å². The van der Waals surface area contributed by atoms with E-state index in [1.54, 1.807) is 0 Å². The molecule has 0 heterocycles. The lowest BCUT2D eigenvalue weighted by Gasteiger charge is -2.36. The molecule has 68 valence electrons. The highest BCUT2D eigenvalue weighted by Gasteiger charge is 2.57. The fourth-order valence-electron chi connectivity index (χ4n) is 4.41. The summed E-state index contributed by atoms with van der Waals surface area (Å²) in [6.45, 7) is 2.37. The van der Waals surface area contributed by atoms with E-state index in [0.29, 0.717) is 4.75 Å². The molecule has 3 aliphatic rings. The summed E-state index contributed by atoms with van der Waals surface area (Å²) in [5, 5.41) is 0. The molecule has 2 bridgehead atoms. The van der Waals surface area contributed by atoms with Crippen LogP contribution in [0.15, 0.2) is 0 Å². The van der Waals surface area contributed by atoms with E-state index < -0.39 is 0 Å². The summed E-state index contributed by atoms with van der Waals surface area (Å²) in [4.78, 5) is 0. The van der Waals surface area contributed by atoms with Gasteiger partial charge in [0.25, 0.3) is 0 Å². The summed E-state index contributed by atoms with van der Waals surface area (Å²) in [6.07, 6.45) is 7.47. The molecule has 3 aliphatic carbocycles. The van der Waals surface area contributed by atoms with Crippen LogP contribution < -0.4 is 0 Å². The second-order valence-corrected chi connectivity index (χ2v) is 6.44. The Morgan fingerprint density at radius 2 is 2.00 bits per heavy atom. The molecule has 3 rings (SSSR count). The van der Waals surface area contributed by atoms with Gasteiger partial charge in [0.05, 0.1) is 0 Å². The Morgan fingerprint density at radius 1 is 1.25 bits per heavy atom. The third-order valence-corrected chi connectivity index (χ3v) is 5.29. The number of thiol groups is 1. The molecular weight excluding hydrogens is 164 g/mol. The van der Waals surface area contributed by atoms with Gasteiger partial charge < -0.3 is 0 Å². The minimum atomic E-state index is 0.399. The maximum absolute atomic E-state index is 4.84. The van der Waals surface area contributed by atoms with Gasteiger partial charge in [-0.05, 0) is 49.4 Å². The van der Waals surface area contributed by atoms with E-state index in [4.69, 9.17) is 12.6 Å². The first-order valence-electron chi connectivity index (χ1n) is 5.41. The van der Waals surface area contributed by atoms with E-state index in [0.717, 1.165) is 23.7 Å². The highest BCUT2D eigenvalue weighted by atomic mass is 32.1. The molecule has 3 saturated carbocycles. The van der Waals surface area contributed by atoms with Crippen LogP contribution in [-0.4, -0.2) is 4.75 Å². The van der Waals surface area contributed by atoms with Gasteiger partial charge in [-0.15, -0.1) is 0 Å². The molecule has 5 atom stereocenters. The van der Waals surface area contributed by atoms with Crippen molar-refractivity contribution < 1.29 is 0 Å². The number of hydrogen-bond acceptors (Lipinski definition) is 1. The van der Waals surface area contributed by atoms with E-state index in [9.17, 15) is 0 Å². The van der Waals surface area contributed by atoms with Crippen molar-refractivity contribution in [2.24, 2.45) is 23.7 Å². The fraction of sp³-hybridized carbons (Fsp3) is 1.00. The largest absolute Gasteiger partial charge is 0.172 e. The Hall–Kier alpha value is 0.350. The third kappa shape index (κ3) is 0.814. The maximum atomic E-state index is 4.84. The fourth-order valence-corrected chi connectivity index (χ4v) is 4.94. The molecule has 0 aromatic carbocycles. The van der Waals surface area contributed by atoms with Crippen LogP contribution in [0.4, 0.5) is 0 Å². The summed E-state index contributed by atoms with van der Waals surface area (Å²) in [7, 11) is 0. The van der Waals surface area contributed by atoms with Gasteiger partial charge in [0.2, 0.25) is 0 Å². The number of hydrogen-bond donors (Lipinski definition) is 1. The molecule has 0 amide bonds. The van der Waals surface area contributed by atoms with Crippen molar-refractivity contribution in [2.45, 2.75) is 43.8 Å². The zero-order chi connectivity index (χ0) is 8.34. The molecule has 5 unspecified atom stereocenters. The molecule has 0 saturated heterocycles. The average molecular weight is 182 g/mol. The highest BCUT2D eigenvalue weighted by molar-refractivity contribution is 7.81. The first-order chi connectivity index (χ1) is 5.68. The van der Waals surface area contributed by atoms with Crippen LogP contribution in [0.25, 0.3) is 0 Å². The molecule has 0 N–H and O–H groups in total. The summed E-state index contributed by atoms with van der Waals surface area (Å²) >= 11 is 4.84. The quantitative estimate of drug-likeness (QED) is 0.547. The van der Waals surface area contributed by atoms with Gasteiger partial charge >= 0.3 is 0 Å². The van der Waals surface area contributed by atoms with E-state index in [1.807, 2.05) is 0 Å². The topological polar surface area (TPSA) is 0 Å². The van der Waals surface area contributed by atoms with Crippen LogP contribution in [0, 0.1) is 23.7 Å². The van der Waals surface area contributed by atoms with Crippen molar-refractivity contribution in [1.29, 1.82) is 0 Å². The standard InChI is InChI=1S/C11H18S/c1-11(12)6-7-5-10(11)9-4-2-3-8(7)9/h7-10,12H,2-6H2,1H3. The molecule has 12 heavy (non-hydrogen) atoms. The normalized spacial score (nSPS) is 62.5. The maximum Gasteiger partial charge on any atom is 0.0135 e. The molecule has 0 aromatic rings. The van der Waals surface area contributed by atoms with E-state index in [-0.39, 0.29) is 0 Å². The van der Waals surface area contributed by atoms with E-state index in [1.165, 1.54) is 32.1 Å². The second-order valence-electron chi connectivity index (χ2n) is 5.42. The average Bonchev–Trinajstić information content (AvgIpc) is 2.53. The minimum absolute atomic E-state index is 0.399. The third-order valence-electron chi connectivity index (χ3n) is 4.78. The SMILES string of the molecule is CC1(S)CC2CC1C1CCCC21. The van der Waals surface area contributed by atoms with Crippen molar-refractivity contribution in [3.05, 3.63) is 0 Å². The predicted octanol–water partition coefficient (Wildman–Crippen LogP) is 3.13. The summed E-state index contributed by atoms with van der Waals surface area (Å²) in [5.74, 6) is 4.23. The molecule has 0 nitrogen and oxygen atoms in total. The summed E-state index contributed by atoms with van der Waals surface area (Å²) in [5.41, 5.74) is 0. The highest BCUT2D eigenvalue weighted by Crippen LogP contribution is 2.63. The molecule has 0 radical (unpaired) electrons. The van der Waals surface area contributed by atoms with Crippen LogP contribution in [0.3, 0.4) is 0 Å². The van der Waals surface area contributed by atoms with Gasteiger partial charge in [0.1, 0.15) is 0 Å². The lowest BCUT2D eigenvalue weighted by atomic mass is 9.76. The lowest BCUT2D eigenvalue weighted by molar-refractivity contribution is 0.224. The van der Waals surface area contributed by atoms with Gasteiger partial charge in [-0.3, -0.25) is 0 Å². The Kier molecular flexibility index (Phi) is 1.44. The Morgan fingerprint density at radius 3 is 2.83 bits per heavy atom. The lowest BCUT2D eigenvalue weighted by Crippen LogP contribution is -2.33. The zero-order valence-electron chi connectivity index (χ0n) is 7.79. The van der Waals surface area contributed by atoms with Gasteiger partial charge in [-0.2, -0.15) is 12.6 Å². The van der Waals surface area contributed by atoms with Crippen molar-refractivity contribution in [3.8, 4) is 0 Å². The number of rotatable bonds is 0. The van der Waals surface area contributed by atoms with E-state index >= 15 is 0 Å². The van der Waals surface area contributed by atoms with Crippen LogP contribution in [0.2, 0.25) is 0 Å². The second kappa shape index (κ2) is 2.23. The summed E-state index contributed by atoms with van der Waals surface area (Å²) in [6, 6.07) is 0. The van der Waals surface area contributed by atoms with Gasteiger partial charge in [-0.1, -0.05) is 13.3 Å². The van der Waals surface area contributed by atoms with Gasteiger partial charge in [0, 0.05) is 4.75 Å². The zero-order valence-corrected chi connectivity index (χ0v) is 8.69. The first kappa shape index (κ1) is 7.73. The van der Waals surface area contributed by atoms with Crippen LogP contribution in [-0.2, 0) is 0 Å².